The molecule has 1 aromatic rings. The van der Waals surface area contributed by atoms with Crippen molar-refractivity contribution < 1.29 is 18.7 Å². The summed E-state index contributed by atoms with van der Waals surface area (Å²) >= 11 is 0. The maximum absolute atomic E-state index is 12.1. The third-order valence-electron chi connectivity index (χ3n) is 6.02. The minimum atomic E-state index is -2.11. The van der Waals surface area contributed by atoms with Crippen LogP contribution >= 0.6 is 0 Å². The molecule has 1 aromatic carbocycles. The second-order valence-electron chi connectivity index (χ2n) is 8.94. The van der Waals surface area contributed by atoms with E-state index in [1.165, 1.54) is 24.3 Å². The lowest BCUT2D eigenvalue weighted by Gasteiger charge is -2.39. The van der Waals surface area contributed by atoms with E-state index < -0.39 is 8.32 Å². The van der Waals surface area contributed by atoms with Gasteiger partial charge in [0.15, 0.2) is 0 Å². The number of benzene rings is 1. The summed E-state index contributed by atoms with van der Waals surface area (Å²) in [6.07, 6.45) is 6.83. The SMILES string of the molecule is COC(=O)/C=C(\O[Si](C)(C)C(C)(C)C)[C@@H](C)[C@@H]1C=CCc2ccc(OC)cc21. The third kappa shape index (κ3) is 4.88. The molecule has 0 unspecified atom stereocenters. The fourth-order valence-electron chi connectivity index (χ4n) is 3.13. The Balaban J connectivity index is 2.45. The first kappa shape index (κ1) is 22.3. The number of ether oxygens (including phenoxy) is 2. The molecule has 154 valence electrons. The molecule has 0 N–H and O–H groups in total. The van der Waals surface area contributed by atoms with E-state index in [2.05, 4.69) is 65.1 Å². The number of fused-ring (bicyclic) bond motifs is 1. The van der Waals surface area contributed by atoms with E-state index in [0.717, 1.165) is 12.2 Å². The zero-order valence-electron chi connectivity index (χ0n) is 18.5. The number of hydrogen-bond donors (Lipinski definition) is 0. The van der Waals surface area contributed by atoms with E-state index >= 15 is 0 Å². The van der Waals surface area contributed by atoms with Crippen LogP contribution in [0, 0.1) is 5.92 Å². The molecular weight excluding hydrogens is 368 g/mol. The highest BCUT2D eigenvalue weighted by atomic mass is 28.4. The Morgan fingerprint density at radius 3 is 2.50 bits per heavy atom. The van der Waals surface area contributed by atoms with E-state index in [9.17, 15) is 4.79 Å². The van der Waals surface area contributed by atoms with E-state index in [1.807, 2.05) is 6.07 Å². The van der Waals surface area contributed by atoms with Gasteiger partial charge in [0.25, 0.3) is 0 Å². The molecule has 28 heavy (non-hydrogen) atoms. The van der Waals surface area contributed by atoms with E-state index in [4.69, 9.17) is 13.9 Å². The van der Waals surface area contributed by atoms with Gasteiger partial charge in [-0.3, -0.25) is 0 Å². The first-order valence-corrected chi connectivity index (χ1v) is 12.7. The number of allylic oxidation sites excluding steroid dienone is 3. The number of hydrogen-bond acceptors (Lipinski definition) is 4. The van der Waals surface area contributed by atoms with Crippen molar-refractivity contribution in [3.63, 3.8) is 0 Å². The van der Waals surface area contributed by atoms with Crippen LogP contribution in [0.25, 0.3) is 0 Å². The normalized spacial score (nSPS) is 18.3. The molecule has 0 amide bonds. The van der Waals surface area contributed by atoms with Crippen molar-refractivity contribution in [2.45, 2.75) is 58.2 Å². The molecule has 0 bridgehead atoms. The number of carbonyl (C=O) groups excluding carboxylic acids is 1. The van der Waals surface area contributed by atoms with Crippen molar-refractivity contribution >= 4 is 14.3 Å². The van der Waals surface area contributed by atoms with Crippen LogP contribution in [0.3, 0.4) is 0 Å². The number of methoxy groups -OCH3 is 2. The molecule has 1 aliphatic carbocycles. The summed E-state index contributed by atoms with van der Waals surface area (Å²) in [4.78, 5) is 12.1. The maximum Gasteiger partial charge on any atom is 0.333 e. The predicted molar refractivity (Wildman–Crippen MR) is 116 cm³/mol. The molecule has 0 aliphatic heterocycles. The molecule has 2 atom stereocenters. The lowest BCUT2D eigenvalue weighted by atomic mass is 9.79. The van der Waals surface area contributed by atoms with E-state index in [0.29, 0.717) is 5.76 Å². The molecule has 0 heterocycles. The van der Waals surface area contributed by atoms with Gasteiger partial charge in [-0.1, -0.05) is 45.9 Å². The van der Waals surface area contributed by atoms with Crippen molar-refractivity contribution in [2.75, 3.05) is 14.2 Å². The molecule has 2 rings (SSSR count). The van der Waals surface area contributed by atoms with Gasteiger partial charge in [0, 0.05) is 11.8 Å². The Kier molecular flexibility index (Phi) is 6.81. The standard InChI is InChI=1S/C23H34O4Si/c1-16(19-11-9-10-17-12-13-18(25-5)14-20(17)19)21(15-22(24)26-6)27-28(7,8)23(2,3)4/h9,11-16,19H,10H2,1-8H3/b21-15-/t16-,19-/m0/s1. The Bertz CT molecular complexity index is 771. The fraction of sp³-hybridized carbons (Fsp3) is 0.522. The molecule has 0 saturated heterocycles. The minimum absolute atomic E-state index is 0.00405. The molecule has 0 aromatic heterocycles. The first-order valence-electron chi connectivity index (χ1n) is 9.82. The summed E-state index contributed by atoms with van der Waals surface area (Å²) in [6.45, 7) is 13.1. The number of rotatable bonds is 6. The molecule has 5 heteroatoms. The van der Waals surface area contributed by atoms with Gasteiger partial charge in [-0.2, -0.15) is 0 Å². The van der Waals surface area contributed by atoms with Crippen LogP contribution < -0.4 is 4.74 Å². The Morgan fingerprint density at radius 2 is 1.93 bits per heavy atom. The topological polar surface area (TPSA) is 44.8 Å². The highest BCUT2D eigenvalue weighted by Crippen LogP contribution is 2.43. The number of esters is 1. The summed E-state index contributed by atoms with van der Waals surface area (Å²) in [5.41, 5.74) is 2.51. The zero-order chi connectivity index (χ0) is 21.1. The largest absolute Gasteiger partial charge is 0.546 e. The number of carbonyl (C=O) groups is 1. The molecule has 4 nitrogen and oxygen atoms in total. The van der Waals surface area contributed by atoms with Gasteiger partial charge in [0.2, 0.25) is 8.32 Å². The highest BCUT2D eigenvalue weighted by Gasteiger charge is 2.41. The van der Waals surface area contributed by atoms with Gasteiger partial charge in [0.1, 0.15) is 5.75 Å². The fourth-order valence-corrected chi connectivity index (χ4v) is 4.27. The lowest BCUT2D eigenvalue weighted by molar-refractivity contribution is -0.135. The molecular formula is C23H34O4Si. The Hall–Kier alpha value is -2.01. The van der Waals surface area contributed by atoms with Crippen molar-refractivity contribution in [3.8, 4) is 5.75 Å². The minimum Gasteiger partial charge on any atom is -0.546 e. The van der Waals surface area contributed by atoms with Crippen molar-refractivity contribution in [3.05, 3.63) is 53.3 Å². The van der Waals surface area contributed by atoms with Crippen molar-refractivity contribution in [2.24, 2.45) is 5.92 Å². The highest BCUT2D eigenvalue weighted by molar-refractivity contribution is 6.74. The van der Waals surface area contributed by atoms with Crippen LogP contribution in [0.1, 0.15) is 44.7 Å². The van der Waals surface area contributed by atoms with Gasteiger partial charge in [-0.05, 0) is 47.8 Å². The Labute approximate surface area is 170 Å². The smallest absolute Gasteiger partial charge is 0.333 e. The van der Waals surface area contributed by atoms with Crippen LogP contribution in [-0.4, -0.2) is 28.5 Å². The monoisotopic (exact) mass is 402 g/mol. The van der Waals surface area contributed by atoms with Crippen LogP contribution in [0.2, 0.25) is 18.1 Å². The van der Waals surface area contributed by atoms with Crippen LogP contribution in [0.4, 0.5) is 0 Å². The van der Waals surface area contributed by atoms with Crippen molar-refractivity contribution in [1.82, 2.24) is 0 Å². The second kappa shape index (κ2) is 8.56. The molecule has 0 saturated carbocycles. The Morgan fingerprint density at radius 1 is 1.25 bits per heavy atom. The summed E-state index contributed by atoms with van der Waals surface area (Å²) in [6, 6.07) is 6.22. The molecule has 0 radical (unpaired) electrons. The van der Waals surface area contributed by atoms with Gasteiger partial charge in [0.05, 0.1) is 26.1 Å². The van der Waals surface area contributed by atoms with E-state index in [-0.39, 0.29) is 22.8 Å². The van der Waals surface area contributed by atoms with Gasteiger partial charge >= 0.3 is 5.97 Å². The van der Waals surface area contributed by atoms with Crippen LogP contribution in [0.15, 0.2) is 42.2 Å². The first-order chi connectivity index (χ1) is 13.0. The average Bonchev–Trinajstić information content (AvgIpc) is 2.64. The van der Waals surface area contributed by atoms with Gasteiger partial charge in [-0.15, -0.1) is 0 Å². The van der Waals surface area contributed by atoms with E-state index in [1.54, 1.807) is 7.11 Å². The van der Waals surface area contributed by atoms with Crippen LogP contribution in [0.5, 0.6) is 5.75 Å². The van der Waals surface area contributed by atoms with Gasteiger partial charge in [-0.25, -0.2) is 4.79 Å². The summed E-state index contributed by atoms with van der Waals surface area (Å²) in [5.74, 6) is 1.26. The third-order valence-corrected chi connectivity index (χ3v) is 10.4. The predicted octanol–water partition coefficient (Wildman–Crippen LogP) is 5.61. The lowest BCUT2D eigenvalue weighted by Crippen LogP contribution is -2.41. The molecule has 0 fully saturated rings. The van der Waals surface area contributed by atoms with Gasteiger partial charge < -0.3 is 13.9 Å². The molecule has 0 spiro atoms. The average molecular weight is 403 g/mol. The summed E-state index contributed by atoms with van der Waals surface area (Å²) < 4.78 is 16.9. The zero-order valence-corrected chi connectivity index (χ0v) is 19.5. The quantitative estimate of drug-likeness (QED) is 0.204. The van der Waals surface area contributed by atoms with Crippen LogP contribution in [-0.2, 0) is 20.4 Å². The summed E-state index contributed by atoms with van der Waals surface area (Å²) in [5, 5.41) is 0.0332. The van der Waals surface area contributed by atoms with Crippen molar-refractivity contribution in [1.29, 1.82) is 0 Å². The maximum atomic E-state index is 12.1. The molecule has 1 aliphatic rings. The second-order valence-corrected chi connectivity index (χ2v) is 13.7. The summed E-state index contributed by atoms with van der Waals surface area (Å²) in [7, 11) is 0.971.